The summed E-state index contributed by atoms with van der Waals surface area (Å²) in [5, 5.41) is 1.19. The lowest BCUT2D eigenvalue weighted by Crippen LogP contribution is -2.34. The molecule has 0 unspecified atom stereocenters. The number of fused-ring (bicyclic) bond motifs is 1. The minimum atomic E-state index is 0.167. The summed E-state index contributed by atoms with van der Waals surface area (Å²) in [6, 6.07) is 25.5. The molecular formula is C24H21Cl2N. The van der Waals surface area contributed by atoms with Crippen molar-refractivity contribution in [1.29, 1.82) is 0 Å². The van der Waals surface area contributed by atoms with Crippen molar-refractivity contribution in [1.82, 2.24) is 0 Å². The molecule has 0 saturated heterocycles. The van der Waals surface area contributed by atoms with Crippen LogP contribution in [-0.2, 0) is 0 Å². The van der Waals surface area contributed by atoms with Crippen molar-refractivity contribution in [3.05, 3.63) is 106 Å². The van der Waals surface area contributed by atoms with E-state index in [4.69, 9.17) is 23.2 Å². The van der Waals surface area contributed by atoms with Crippen LogP contribution in [-0.4, -0.2) is 0 Å². The third kappa shape index (κ3) is 3.50. The largest absolute Gasteiger partial charge is 0.353 e. The van der Waals surface area contributed by atoms with Crippen molar-refractivity contribution in [3.63, 3.8) is 0 Å². The monoisotopic (exact) mass is 393 g/mol. The van der Waals surface area contributed by atoms with Crippen LogP contribution in [0.3, 0.4) is 0 Å². The van der Waals surface area contributed by atoms with Crippen molar-refractivity contribution >= 4 is 35.0 Å². The Balaban J connectivity index is 1.85. The Morgan fingerprint density at radius 1 is 0.889 bits per heavy atom. The Labute approximate surface area is 170 Å². The Bertz CT molecular complexity index is 965. The molecule has 0 spiro atoms. The Morgan fingerprint density at radius 2 is 1.63 bits per heavy atom. The summed E-state index contributed by atoms with van der Waals surface area (Å²) in [6.45, 7) is 2.22. The maximum atomic E-state index is 6.34. The van der Waals surface area contributed by atoms with E-state index in [0.717, 1.165) is 6.42 Å². The quantitative estimate of drug-likeness (QED) is 0.438. The highest BCUT2D eigenvalue weighted by molar-refractivity contribution is 6.42. The van der Waals surface area contributed by atoms with Gasteiger partial charge in [-0.25, -0.2) is 0 Å². The Hall–Kier alpha value is -2.22. The fourth-order valence-electron chi connectivity index (χ4n) is 3.90. The normalized spacial score (nSPS) is 16.9. The standard InChI is InChI=1S/C24H21Cl2N/c1-2-22(19-12-14-20(25)21(26)16-19)27-23-11-7-6-10-18(23)13-15-24(27)17-8-4-3-5-9-17/h3-16,22,24H,2H2,1H3/t22-,24+/m0/s1. The van der Waals surface area contributed by atoms with E-state index < -0.39 is 0 Å². The van der Waals surface area contributed by atoms with Crippen LogP contribution in [0.2, 0.25) is 10.0 Å². The first-order valence-electron chi connectivity index (χ1n) is 9.24. The molecule has 0 fully saturated rings. The van der Waals surface area contributed by atoms with Crippen LogP contribution in [0, 0.1) is 0 Å². The lowest BCUT2D eigenvalue weighted by molar-refractivity contribution is 0.563. The van der Waals surface area contributed by atoms with E-state index in [-0.39, 0.29) is 12.1 Å². The molecule has 0 bridgehead atoms. The Kier molecular flexibility index (Phi) is 5.24. The van der Waals surface area contributed by atoms with Gasteiger partial charge in [-0.05, 0) is 41.3 Å². The van der Waals surface area contributed by atoms with Crippen molar-refractivity contribution in [3.8, 4) is 0 Å². The van der Waals surface area contributed by atoms with E-state index >= 15 is 0 Å². The summed E-state index contributed by atoms with van der Waals surface area (Å²) in [4.78, 5) is 2.50. The van der Waals surface area contributed by atoms with Crippen LogP contribution in [0.4, 0.5) is 5.69 Å². The zero-order chi connectivity index (χ0) is 18.8. The van der Waals surface area contributed by atoms with Crippen LogP contribution in [0.5, 0.6) is 0 Å². The van der Waals surface area contributed by atoms with E-state index in [0.29, 0.717) is 10.0 Å². The third-order valence-electron chi connectivity index (χ3n) is 5.16. The number of benzene rings is 3. The van der Waals surface area contributed by atoms with Gasteiger partial charge in [-0.1, -0.05) is 96.9 Å². The second-order valence-electron chi connectivity index (χ2n) is 6.78. The maximum absolute atomic E-state index is 6.34. The van der Waals surface area contributed by atoms with Crippen LogP contribution < -0.4 is 4.90 Å². The van der Waals surface area contributed by atoms with Gasteiger partial charge in [-0.3, -0.25) is 0 Å². The SMILES string of the molecule is CC[C@@H](c1ccc(Cl)c(Cl)c1)N1c2ccccc2C=C[C@@H]1c1ccccc1. The predicted octanol–water partition coefficient (Wildman–Crippen LogP) is 7.72. The van der Waals surface area contributed by atoms with Gasteiger partial charge in [0.15, 0.2) is 0 Å². The molecule has 3 heteroatoms. The van der Waals surface area contributed by atoms with E-state index in [1.807, 2.05) is 12.1 Å². The van der Waals surface area contributed by atoms with Crippen molar-refractivity contribution in [2.75, 3.05) is 4.90 Å². The fourth-order valence-corrected chi connectivity index (χ4v) is 4.20. The first-order valence-corrected chi connectivity index (χ1v) is 10.00. The van der Waals surface area contributed by atoms with Gasteiger partial charge in [-0.15, -0.1) is 0 Å². The molecule has 3 aromatic rings. The summed E-state index contributed by atoms with van der Waals surface area (Å²) < 4.78 is 0. The summed E-state index contributed by atoms with van der Waals surface area (Å²) in [5.74, 6) is 0. The summed E-state index contributed by atoms with van der Waals surface area (Å²) in [7, 11) is 0. The average molecular weight is 394 g/mol. The van der Waals surface area contributed by atoms with Crippen molar-refractivity contribution < 1.29 is 0 Å². The van der Waals surface area contributed by atoms with Crippen LogP contribution >= 0.6 is 23.2 Å². The minimum absolute atomic E-state index is 0.167. The smallest absolute Gasteiger partial charge is 0.0736 e. The highest BCUT2D eigenvalue weighted by atomic mass is 35.5. The number of hydrogen-bond acceptors (Lipinski definition) is 1. The van der Waals surface area contributed by atoms with Gasteiger partial charge in [0.1, 0.15) is 0 Å². The number of hydrogen-bond donors (Lipinski definition) is 0. The molecule has 0 saturated carbocycles. The highest BCUT2D eigenvalue weighted by Gasteiger charge is 2.30. The molecule has 0 aromatic heterocycles. The first kappa shape index (κ1) is 18.2. The Morgan fingerprint density at radius 3 is 2.37 bits per heavy atom. The number of anilines is 1. The topological polar surface area (TPSA) is 3.24 Å². The molecule has 0 amide bonds. The lowest BCUT2D eigenvalue weighted by Gasteiger charge is -2.42. The number of rotatable bonds is 4. The van der Waals surface area contributed by atoms with E-state index in [2.05, 4.69) is 84.6 Å². The van der Waals surface area contributed by atoms with Crippen LogP contribution in [0.25, 0.3) is 6.08 Å². The molecule has 0 radical (unpaired) electrons. The maximum Gasteiger partial charge on any atom is 0.0736 e. The van der Waals surface area contributed by atoms with Gasteiger partial charge >= 0.3 is 0 Å². The molecular weight excluding hydrogens is 373 g/mol. The first-order chi connectivity index (χ1) is 13.2. The summed E-state index contributed by atoms with van der Waals surface area (Å²) in [6.07, 6.45) is 5.48. The number of halogens is 2. The van der Waals surface area contributed by atoms with Gasteiger partial charge < -0.3 is 4.90 Å². The van der Waals surface area contributed by atoms with E-state index in [1.54, 1.807) is 0 Å². The molecule has 0 aliphatic carbocycles. The second kappa shape index (κ2) is 7.80. The van der Waals surface area contributed by atoms with Gasteiger partial charge in [0.2, 0.25) is 0 Å². The molecule has 1 nitrogen and oxygen atoms in total. The minimum Gasteiger partial charge on any atom is -0.353 e. The second-order valence-corrected chi connectivity index (χ2v) is 7.59. The van der Waals surface area contributed by atoms with E-state index in [9.17, 15) is 0 Å². The molecule has 0 N–H and O–H groups in total. The summed E-state index contributed by atoms with van der Waals surface area (Å²) in [5.41, 5.74) is 4.94. The molecule has 3 aromatic carbocycles. The third-order valence-corrected chi connectivity index (χ3v) is 5.90. The molecule has 1 aliphatic rings. The molecule has 4 rings (SSSR count). The highest BCUT2D eigenvalue weighted by Crippen LogP contribution is 2.44. The van der Waals surface area contributed by atoms with Gasteiger partial charge in [0, 0.05) is 5.69 Å². The zero-order valence-electron chi connectivity index (χ0n) is 15.1. The van der Waals surface area contributed by atoms with Crippen molar-refractivity contribution in [2.45, 2.75) is 25.4 Å². The van der Waals surface area contributed by atoms with Gasteiger partial charge in [0.05, 0.1) is 22.1 Å². The lowest BCUT2D eigenvalue weighted by atomic mass is 9.92. The molecule has 2 atom stereocenters. The number of nitrogens with zero attached hydrogens (tertiary/aromatic N) is 1. The average Bonchev–Trinajstić information content (AvgIpc) is 2.72. The summed E-state index contributed by atoms with van der Waals surface area (Å²) >= 11 is 12.5. The van der Waals surface area contributed by atoms with Crippen molar-refractivity contribution in [2.24, 2.45) is 0 Å². The zero-order valence-corrected chi connectivity index (χ0v) is 16.7. The van der Waals surface area contributed by atoms with Crippen LogP contribution in [0.15, 0.2) is 78.9 Å². The predicted molar refractivity (Wildman–Crippen MR) is 117 cm³/mol. The van der Waals surface area contributed by atoms with E-state index in [1.165, 1.54) is 22.4 Å². The van der Waals surface area contributed by atoms with Gasteiger partial charge in [0.25, 0.3) is 0 Å². The molecule has 1 heterocycles. The van der Waals surface area contributed by atoms with Crippen LogP contribution in [0.1, 0.15) is 42.1 Å². The number of para-hydroxylation sites is 1. The molecule has 27 heavy (non-hydrogen) atoms. The molecule has 1 aliphatic heterocycles. The fraction of sp³-hybridized carbons (Fsp3) is 0.167. The van der Waals surface area contributed by atoms with Gasteiger partial charge in [-0.2, -0.15) is 0 Å². The molecule has 136 valence electrons.